The molecular weight excluding hydrogens is 1520 g/mol. The first-order chi connectivity index (χ1) is 57.5. The fourth-order valence-corrected chi connectivity index (χ4v) is 29.9. The van der Waals surface area contributed by atoms with E-state index in [0.717, 1.165) is 131 Å². The minimum Gasteiger partial charge on any atom is -0.125 e. The van der Waals surface area contributed by atoms with Crippen LogP contribution in [0, 0.1) is 94.0 Å². The van der Waals surface area contributed by atoms with Gasteiger partial charge in [-0.1, -0.05) is 394 Å². The van der Waals surface area contributed by atoms with Crippen molar-refractivity contribution in [3.63, 3.8) is 0 Å². The zero-order valence-corrected chi connectivity index (χ0v) is 84.3. The Hall–Kier alpha value is -10.4. The molecule has 12 aromatic rings. The van der Waals surface area contributed by atoms with Gasteiger partial charge in [0.25, 0.3) is 0 Å². The van der Waals surface area contributed by atoms with Crippen molar-refractivity contribution >= 4 is 102 Å². The molecule has 12 rings (SSSR count). The average molecular weight is 1660 g/mol. The van der Waals surface area contributed by atoms with E-state index in [-0.39, 0.29) is 43.3 Å². The van der Waals surface area contributed by atoms with Crippen molar-refractivity contribution in [1.82, 2.24) is 0 Å². The van der Waals surface area contributed by atoms with Crippen LogP contribution in [0.15, 0.2) is 146 Å². The molecular formula is C122H138Si2. The van der Waals surface area contributed by atoms with Crippen LogP contribution in [-0.4, -0.2) is 16.1 Å². The van der Waals surface area contributed by atoms with Gasteiger partial charge >= 0.3 is 0 Å². The molecule has 0 radical (unpaired) electrons. The van der Waals surface area contributed by atoms with Gasteiger partial charge in [-0.25, -0.2) is 0 Å². The molecule has 0 nitrogen and oxygen atoms in total. The molecule has 0 aliphatic carbocycles. The van der Waals surface area contributed by atoms with Gasteiger partial charge in [-0.2, -0.15) is 0 Å². The monoisotopic (exact) mass is 1660 g/mol. The van der Waals surface area contributed by atoms with E-state index < -0.39 is 16.1 Å². The summed E-state index contributed by atoms with van der Waals surface area (Å²) in [5, 5.41) is 17.3. The highest BCUT2D eigenvalue weighted by Crippen LogP contribution is 2.47. The zero-order chi connectivity index (χ0) is 91.2. The van der Waals surface area contributed by atoms with E-state index in [9.17, 15) is 0 Å². The lowest BCUT2D eigenvalue weighted by Crippen LogP contribution is -2.43. The van der Waals surface area contributed by atoms with Gasteiger partial charge in [0, 0.05) is 44.5 Å². The standard InChI is InChI=1S/C122H138Si2/c1-77(2)123(78(3)4,79(5)6)67-65-105-103-63-55-87(119(25,26)27)73-111(103)95(101-61-53-89(75-113(101)105)121(31,32)33)47-41-39-45-93-99-59-51-83(115(13,14)15)69-107(99)91(97-57-49-85(71-109(93)97)117(19,20)21)43-37-38-44-92-98-58-50-86(118(22,23)24)72-110(98)94(100-60-52-84(70-108(92)100)116(16,17)18)46-40-42-48-96-102-62-54-90(122(34,35)36)76-114(102)106(66-68-124(80(7)8,81(9)10)82(11)12)104-64-56-88(74-112(96)104)120(28,29)30/h49-64,69-82H,1-36H3. The Balaban J connectivity index is 1.08. The summed E-state index contributed by atoms with van der Waals surface area (Å²) >= 11 is 0. The Morgan fingerprint density at radius 3 is 0.379 bits per heavy atom. The molecule has 2 heteroatoms. The van der Waals surface area contributed by atoms with Gasteiger partial charge < -0.3 is 0 Å². The highest BCUT2D eigenvalue weighted by atomic mass is 28.3. The van der Waals surface area contributed by atoms with Gasteiger partial charge in [-0.3, -0.25) is 0 Å². The minimum absolute atomic E-state index is 0.0877. The summed E-state index contributed by atoms with van der Waals surface area (Å²) in [5.74, 6) is 52.1. The number of benzene rings is 12. The van der Waals surface area contributed by atoms with Crippen molar-refractivity contribution in [3.8, 4) is 94.0 Å². The maximum Gasteiger partial charge on any atom is 0.146 e. The molecule has 0 saturated heterocycles. The van der Waals surface area contributed by atoms with E-state index in [1.807, 2.05) is 0 Å². The Bertz CT molecular complexity index is 6440. The van der Waals surface area contributed by atoms with Crippen LogP contribution in [0.5, 0.6) is 0 Å². The Morgan fingerprint density at radius 2 is 0.274 bits per heavy atom. The van der Waals surface area contributed by atoms with E-state index in [0.29, 0.717) is 33.2 Å². The number of fused-ring (bicyclic) bond motifs is 8. The fraction of sp³-hybridized carbons (Fsp3) is 0.410. The maximum absolute atomic E-state index is 4.17. The quantitative estimate of drug-likeness (QED) is 0.0884. The summed E-state index contributed by atoms with van der Waals surface area (Å²) in [6, 6.07) is 55.8. The molecule has 634 valence electrons. The van der Waals surface area contributed by atoms with Crippen LogP contribution in [0.3, 0.4) is 0 Å². The summed E-state index contributed by atoms with van der Waals surface area (Å²) in [7, 11) is -4.27. The van der Waals surface area contributed by atoms with Crippen molar-refractivity contribution in [3.05, 3.63) is 235 Å². The third-order valence-electron chi connectivity index (χ3n) is 27.2. The van der Waals surface area contributed by atoms with E-state index in [2.05, 4.69) is 489 Å². The number of hydrogen-bond acceptors (Lipinski definition) is 0. The topological polar surface area (TPSA) is 0 Å². The second-order valence-electron chi connectivity index (χ2n) is 45.9. The molecule has 0 aromatic heterocycles. The molecule has 0 bridgehead atoms. The third kappa shape index (κ3) is 18.1. The molecule has 0 aliphatic rings. The van der Waals surface area contributed by atoms with Crippen LogP contribution < -0.4 is 0 Å². The lowest BCUT2D eigenvalue weighted by atomic mass is 9.81. The first kappa shape index (κ1) is 92.8. The maximum atomic E-state index is 4.17. The van der Waals surface area contributed by atoms with Gasteiger partial charge in [0.05, 0.1) is 0 Å². The highest BCUT2D eigenvalue weighted by Gasteiger charge is 2.43. The van der Waals surface area contributed by atoms with Gasteiger partial charge in [0.2, 0.25) is 0 Å². The van der Waals surface area contributed by atoms with Crippen LogP contribution in [0.2, 0.25) is 33.2 Å². The SMILES string of the molecule is CC(C)[Si](C#Cc1c2ccc(C(C)(C)C)cc2c(C#CC#Cc2c3ccc(C(C)(C)C)cc3c(C#CC#Cc3c4ccc(C(C)(C)C)cc4c(C#CC#Cc4c5ccc(C(C)(C)C)cc5c(C#C[Si](C(C)C)(C(C)C)C(C)C)c5ccc(C(C)(C)C)cc45)c4ccc(C(C)(C)C)cc34)c3ccc(C(C)(C)C)cc23)c2ccc(C(C)(C)C)cc12)(C(C)C)C(C)C. The predicted molar refractivity (Wildman–Crippen MR) is 553 cm³/mol. The van der Waals surface area contributed by atoms with Gasteiger partial charge in [-0.05, 0) is 291 Å². The Kier molecular flexibility index (Phi) is 25.3. The summed E-state index contributed by atoms with van der Waals surface area (Å²) < 4.78 is 0. The molecule has 0 saturated carbocycles. The largest absolute Gasteiger partial charge is 0.146 e. The summed E-state index contributed by atoms with van der Waals surface area (Å²) in [5.41, 5.74) is 28.0. The van der Waals surface area contributed by atoms with Crippen LogP contribution in [0.4, 0.5) is 0 Å². The van der Waals surface area contributed by atoms with Gasteiger partial charge in [0.15, 0.2) is 0 Å². The molecule has 0 atom stereocenters. The van der Waals surface area contributed by atoms with Crippen LogP contribution >= 0.6 is 0 Å². The van der Waals surface area contributed by atoms with Crippen LogP contribution in [-0.2, 0) is 43.3 Å². The van der Waals surface area contributed by atoms with E-state index >= 15 is 0 Å². The molecule has 0 fully saturated rings. The molecule has 0 amide bonds. The summed E-state index contributed by atoms with van der Waals surface area (Å²) in [6.45, 7) is 83.9. The van der Waals surface area contributed by atoms with Crippen LogP contribution in [0.1, 0.15) is 338 Å². The highest BCUT2D eigenvalue weighted by molar-refractivity contribution is 6.91. The normalized spacial score (nSPS) is 12.8. The summed E-state index contributed by atoms with van der Waals surface area (Å²) in [6.07, 6.45) is 0. The van der Waals surface area contributed by atoms with Crippen molar-refractivity contribution in [2.24, 2.45) is 0 Å². The summed E-state index contributed by atoms with van der Waals surface area (Å²) in [4.78, 5) is 0. The first-order valence-corrected chi connectivity index (χ1v) is 50.3. The predicted octanol–water partition coefficient (Wildman–Crippen LogP) is 32.6. The van der Waals surface area contributed by atoms with E-state index in [1.54, 1.807) is 0 Å². The second kappa shape index (κ2) is 33.9. The van der Waals surface area contributed by atoms with Crippen molar-refractivity contribution in [2.75, 3.05) is 0 Å². The Labute approximate surface area is 751 Å². The van der Waals surface area contributed by atoms with Crippen molar-refractivity contribution in [1.29, 1.82) is 0 Å². The van der Waals surface area contributed by atoms with E-state index in [1.165, 1.54) is 44.5 Å². The lowest BCUT2D eigenvalue weighted by Gasteiger charge is -2.38. The average Bonchev–Trinajstić information content (AvgIpc) is 0.736. The number of rotatable bonds is 6. The molecule has 124 heavy (non-hydrogen) atoms. The van der Waals surface area contributed by atoms with E-state index in [4.69, 9.17) is 0 Å². The van der Waals surface area contributed by atoms with Gasteiger partial charge in [-0.15, -0.1) is 11.1 Å². The lowest BCUT2D eigenvalue weighted by molar-refractivity contribution is 0.590. The molecule has 0 spiro atoms. The molecule has 12 aromatic carbocycles. The molecule has 0 unspecified atom stereocenters. The zero-order valence-electron chi connectivity index (χ0n) is 82.3. The van der Waals surface area contributed by atoms with Crippen LogP contribution in [0.25, 0.3) is 86.2 Å². The van der Waals surface area contributed by atoms with Gasteiger partial charge in [0.1, 0.15) is 16.1 Å². The number of hydrogen-bond donors (Lipinski definition) is 0. The molecule has 0 aliphatic heterocycles. The first-order valence-electron chi connectivity index (χ1n) is 45.8. The molecule has 0 N–H and O–H groups in total. The van der Waals surface area contributed by atoms with Crippen molar-refractivity contribution < 1.29 is 0 Å². The fourth-order valence-electron chi connectivity index (χ4n) is 19.5. The minimum atomic E-state index is -2.14. The second-order valence-corrected chi connectivity index (χ2v) is 57.0. The third-order valence-corrected chi connectivity index (χ3v) is 39.8. The Morgan fingerprint density at radius 1 is 0.161 bits per heavy atom. The smallest absolute Gasteiger partial charge is 0.125 e. The van der Waals surface area contributed by atoms with Crippen molar-refractivity contribution in [2.45, 2.75) is 326 Å². The molecule has 0 heterocycles.